The molecule has 0 amide bonds. The van der Waals surface area contributed by atoms with Gasteiger partial charge >= 0.3 is 0 Å². The summed E-state index contributed by atoms with van der Waals surface area (Å²) in [4.78, 5) is 12.1. The zero-order valence-electron chi connectivity index (χ0n) is 32.6. The van der Waals surface area contributed by atoms with E-state index >= 15 is 0 Å². The van der Waals surface area contributed by atoms with Crippen molar-refractivity contribution in [1.29, 1.82) is 0 Å². The van der Waals surface area contributed by atoms with Crippen LogP contribution in [0.5, 0.6) is 0 Å². The maximum atomic E-state index is 6.02. The minimum Gasteiger partial charge on any atom is -0.379 e. The molecule has 0 spiro atoms. The third-order valence-corrected chi connectivity index (χ3v) is 9.91. The lowest BCUT2D eigenvalue weighted by Gasteiger charge is -2.22. The maximum Gasteiger partial charge on any atom is 0.161 e. The standard InChI is InChI=1S/2C13H16ClN3O.C7H3Cl2N3.C5H13NO/c1-13(2,18-3)6-4-11-10-8-15-7-5-9(10)12(14)17-16-11;1-13(2,18-3)6-4-11-9-5-7-15-8-10(9)12(14)17-16-11;8-6-4-1-2-10-3-5(4)7(9)12-11-6;1-5(2,4-6)7-3/h2*5,7-8H,4,6H2,1-3H3;1-3H;4,6H2,1-3H3. The first-order chi connectivity index (χ1) is 26.0. The molecule has 296 valence electrons. The molecule has 0 aliphatic carbocycles. The third kappa shape index (κ3) is 13.9. The van der Waals surface area contributed by atoms with Crippen LogP contribution in [0.25, 0.3) is 32.3 Å². The Balaban J connectivity index is 0.000000207. The third-order valence-electron chi connectivity index (χ3n) is 8.79. The number of nitrogens with two attached hydrogens (primary N) is 1. The van der Waals surface area contributed by atoms with Crippen LogP contribution in [0, 0.1) is 0 Å². The normalized spacial score (nSPS) is 11.7. The van der Waals surface area contributed by atoms with Gasteiger partial charge in [-0.05, 0) is 85.4 Å². The van der Waals surface area contributed by atoms with Crippen molar-refractivity contribution in [1.82, 2.24) is 45.5 Å². The Hall–Kier alpha value is -3.53. The van der Waals surface area contributed by atoms with Gasteiger partial charge in [0.1, 0.15) is 0 Å². The quantitative estimate of drug-likeness (QED) is 0.139. The molecule has 0 bridgehead atoms. The van der Waals surface area contributed by atoms with Crippen molar-refractivity contribution in [2.75, 3.05) is 27.9 Å². The molecular weight excluding hydrogens is 786 g/mol. The fraction of sp³-hybridized carbons (Fsp3) is 0.447. The molecule has 0 aliphatic rings. The average molecular weight is 835 g/mol. The van der Waals surface area contributed by atoms with Gasteiger partial charge in [-0.15, -0.1) is 20.4 Å². The van der Waals surface area contributed by atoms with Crippen molar-refractivity contribution < 1.29 is 14.2 Å². The van der Waals surface area contributed by atoms with E-state index in [-0.39, 0.29) is 16.8 Å². The van der Waals surface area contributed by atoms with Crippen molar-refractivity contribution in [2.45, 2.75) is 84.0 Å². The van der Waals surface area contributed by atoms with Crippen molar-refractivity contribution >= 4 is 78.7 Å². The molecule has 13 nitrogen and oxygen atoms in total. The number of aryl methyl sites for hydroxylation is 2. The SMILES string of the molecule is COC(C)(C)CCc1nnc(Cl)c2ccncc12.COC(C)(C)CCc1nnc(Cl)c2cnccc12.COC(C)(C)CN.Clc1nnc(Cl)c2cnccc12. The Morgan fingerprint density at radius 2 is 0.800 bits per heavy atom. The summed E-state index contributed by atoms with van der Waals surface area (Å²) in [7, 11) is 5.09. The first-order valence-corrected chi connectivity index (χ1v) is 18.8. The second-order valence-electron chi connectivity index (χ2n) is 14.0. The molecule has 55 heavy (non-hydrogen) atoms. The summed E-state index contributed by atoms with van der Waals surface area (Å²) in [6.45, 7) is 12.7. The number of ether oxygens (including phenoxy) is 3. The molecule has 0 fully saturated rings. The molecule has 0 saturated carbocycles. The van der Waals surface area contributed by atoms with Crippen molar-refractivity contribution in [3.8, 4) is 0 Å². The van der Waals surface area contributed by atoms with Crippen LogP contribution in [0.2, 0.25) is 20.6 Å². The minimum absolute atomic E-state index is 0.139. The Labute approximate surface area is 342 Å². The molecule has 6 heterocycles. The van der Waals surface area contributed by atoms with E-state index in [1.807, 2.05) is 26.0 Å². The zero-order chi connectivity index (χ0) is 40.8. The molecule has 0 radical (unpaired) electrons. The van der Waals surface area contributed by atoms with Gasteiger partial charge in [0.05, 0.1) is 28.2 Å². The van der Waals surface area contributed by atoms with Crippen LogP contribution in [0.3, 0.4) is 0 Å². The molecule has 0 saturated heterocycles. The number of nitrogens with zero attached hydrogens (tertiary/aromatic N) is 9. The van der Waals surface area contributed by atoms with E-state index in [0.29, 0.717) is 27.2 Å². The Kier molecular flexibility index (Phi) is 17.6. The summed E-state index contributed by atoms with van der Waals surface area (Å²) < 4.78 is 15.8. The van der Waals surface area contributed by atoms with E-state index in [9.17, 15) is 0 Å². The number of halogens is 4. The van der Waals surface area contributed by atoms with Gasteiger partial charge in [-0.3, -0.25) is 15.0 Å². The van der Waals surface area contributed by atoms with E-state index in [4.69, 9.17) is 66.3 Å². The van der Waals surface area contributed by atoms with Crippen LogP contribution in [0.4, 0.5) is 0 Å². The van der Waals surface area contributed by atoms with Crippen LogP contribution in [0.15, 0.2) is 55.4 Å². The summed E-state index contributed by atoms with van der Waals surface area (Å²) in [5.74, 6) is 0. The largest absolute Gasteiger partial charge is 0.379 e. The smallest absolute Gasteiger partial charge is 0.161 e. The lowest BCUT2D eigenvalue weighted by Crippen LogP contribution is -2.32. The molecule has 6 aromatic heterocycles. The molecular formula is C38H48Cl4N10O3. The first-order valence-electron chi connectivity index (χ1n) is 17.2. The van der Waals surface area contributed by atoms with E-state index in [1.165, 1.54) is 0 Å². The van der Waals surface area contributed by atoms with E-state index in [1.54, 1.807) is 64.6 Å². The predicted molar refractivity (Wildman–Crippen MR) is 221 cm³/mol. The van der Waals surface area contributed by atoms with Gasteiger partial charge in [0.25, 0.3) is 0 Å². The lowest BCUT2D eigenvalue weighted by molar-refractivity contribution is 0.0154. The summed E-state index contributed by atoms with van der Waals surface area (Å²) in [6, 6.07) is 5.53. The minimum atomic E-state index is -0.171. The van der Waals surface area contributed by atoms with Crippen LogP contribution >= 0.6 is 46.4 Å². The number of fused-ring (bicyclic) bond motifs is 3. The van der Waals surface area contributed by atoms with Crippen molar-refractivity contribution in [3.05, 3.63) is 87.4 Å². The highest BCUT2D eigenvalue weighted by molar-refractivity contribution is 6.38. The van der Waals surface area contributed by atoms with Gasteiger partial charge in [0.2, 0.25) is 0 Å². The molecule has 6 aromatic rings. The molecule has 0 aliphatic heterocycles. The predicted octanol–water partition coefficient (Wildman–Crippen LogP) is 8.77. The molecule has 0 aromatic carbocycles. The fourth-order valence-corrected chi connectivity index (χ4v) is 5.25. The van der Waals surface area contributed by atoms with Gasteiger partial charge in [0, 0.05) is 97.4 Å². The van der Waals surface area contributed by atoms with Gasteiger partial charge in [-0.25, -0.2) is 0 Å². The average Bonchev–Trinajstić information content (AvgIpc) is 3.20. The summed E-state index contributed by atoms with van der Waals surface area (Å²) >= 11 is 23.6. The topological polar surface area (TPSA) is 170 Å². The Morgan fingerprint density at radius 1 is 0.473 bits per heavy atom. The van der Waals surface area contributed by atoms with Crippen LogP contribution in [0.1, 0.15) is 65.8 Å². The maximum absolute atomic E-state index is 6.02. The highest BCUT2D eigenvalue weighted by Crippen LogP contribution is 2.27. The van der Waals surface area contributed by atoms with Gasteiger partial charge in [0.15, 0.2) is 20.6 Å². The molecule has 2 N–H and O–H groups in total. The first kappa shape index (κ1) is 45.9. The highest BCUT2D eigenvalue weighted by Gasteiger charge is 2.19. The van der Waals surface area contributed by atoms with Crippen molar-refractivity contribution in [3.63, 3.8) is 0 Å². The van der Waals surface area contributed by atoms with Gasteiger partial charge in [-0.1, -0.05) is 46.4 Å². The van der Waals surface area contributed by atoms with E-state index in [2.05, 4.69) is 73.2 Å². The second kappa shape index (κ2) is 21.1. The van der Waals surface area contributed by atoms with Crippen LogP contribution in [-0.4, -0.2) is 90.2 Å². The lowest BCUT2D eigenvalue weighted by atomic mass is 9.99. The monoisotopic (exact) mass is 832 g/mol. The van der Waals surface area contributed by atoms with Crippen molar-refractivity contribution in [2.24, 2.45) is 5.73 Å². The number of aromatic nitrogens is 9. The summed E-state index contributed by atoms with van der Waals surface area (Å²) in [5.41, 5.74) is 6.66. The molecule has 0 atom stereocenters. The Bertz CT molecular complexity index is 1990. The number of pyridine rings is 3. The van der Waals surface area contributed by atoms with E-state index in [0.717, 1.165) is 69.4 Å². The second-order valence-corrected chi connectivity index (χ2v) is 15.4. The number of rotatable bonds is 10. The van der Waals surface area contributed by atoms with E-state index < -0.39 is 0 Å². The zero-order valence-corrected chi connectivity index (χ0v) is 35.6. The number of hydrogen-bond donors (Lipinski definition) is 1. The van der Waals surface area contributed by atoms with Gasteiger partial charge in [-0.2, -0.15) is 10.2 Å². The number of hydrogen-bond acceptors (Lipinski definition) is 13. The Morgan fingerprint density at radius 3 is 1.18 bits per heavy atom. The molecule has 0 unspecified atom stereocenters. The van der Waals surface area contributed by atoms with Crippen LogP contribution < -0.4 is 5.73 Å². The summed E-state index contributed by atoms with van der Waals surface area (Å²) in [6.07, 6.45) is 13.5. The molecule has 17 heteroatoms. The van der Waals surface area contributed by atoms with Gasteiger partial charge < -0.3 is 19.9 Å². The number of methoxy groups -OCH3 is 3. The summed E-state index contributed by atoms with van der Waals surface area (Å²) in [5, 5.41) is 30.3. The fourth-order valence-electron chi connectivity index (χ4n) is 4.47. The van der Waals surface area contributed by atoms with Crippen LogP contribution in [-0.2, 0) is 27.1 Å². The molecule has 6 rings (SSSR count). The highest BCUT2D eigenvalue weighted by atomic mass is 35.5.